The Balaban J connectivity index is 1.35. The van der Waals surface area contributed by atoms with Crippen molar-refractivity contribution >= 4 is 49.7 Å². The fourth-order valence-corrected chi connectivity index (χ4v) is 7.82. The Bertz CT molecular complexity index is 1720. The van der Waals surface area contributed by atoms with Crippen LogP contribution in [0.1, 0.15) is 64.2 Å². The predicted octanol–water partition coefficient (Wildman–Crippen LogP) is 10.1. The van der Waals surface area contributed by atoms with Crippen LogP contribution in [0.15, 0.2) is 78.9 Å². The Morgan fingerprint density at radius 2 is 1.53 bits per heavy atom. The molecule has 3 nitrogen and oxygen atoms in total. The van der Waals surface area contributed by atoms with Crippen LogP contribution in [0.25, 0.3) is 20.9 Å². The van der Waals surface area contributed by atoms with Gasteiger partial charge in [-0.25, -0.2) is 0 Å². The van der Waals surface area contributed by atoms with Crippen LogP contribution in [0.4, 0.5) is 0 Å². The van der Waals surface area contributed by atoms with E-state index in [-0.39, 0.29) is 5.91 Å². The minimum Gasteiger partial charge on any atom is -0.334 e. The van der Waals surface area contributed by atoms with E-state index in [2.05, 4.69) is 100 Å². The lowest BCUT2D eigenvalue weighted by Crippen LogP contribution is -2.47. The second kappa shape index (κ2) is 13.6. The largest absolute Gasteiger partial charge is 0.334 e. The van der Waals surface area contributed by atoms with Gasteiger partial charge in [0.2, 0.25) is 0 Å². The van der Waals surface area contributed by atoms with Gasteiger partial charge in [0.15, 0.2) is 0 Å². The highest BCUT2D eigenvalue weighted by Gasteiger charge is 2.25. The molecule has 1 heterocycles. The molecule has 1 amide bonds. The van der Waals surface area contributed by atoms with Crippen molar-refractivity contribution in [1.82, 2.24) is 4.90 Å². The third kappa shape index (κ3) is 7.32. The molecule has 0 bridgehead atoms. The van der Waals surface area contributed by atoms with Crippen LogP contribution in [-0.2, 0) is 13.1 Å². The van der Waals surface area contributed by atoms with Crippen LogP contribution in [0.5, 0.6) is 0 Å². The van der Waals surface area contributed by atoms with E-state index in [9.17, 15) is 4.79 Å². The number of amides is 1. The van der Waals surface area contributed by atoms with Crippen molar-refractivity contribution in [3.8, 4) is 0 Å². The summed E-state index contributed by atoms with van der Waals surface area (Å²) in [5.74, 6) is 0.116. The zero-order chi connectivity index (χ0) is 30.6. The van der Waals surface area contributed by atoms with Crippen molar-refractivity contribution in [3.05, 3.63) is 117 Å². The molecule has 0 aliphatic carbocycles. The van der Waals surface area contributed by atoms with Crippen molar-refractivity contribution in [3.63, 3.8) is 0 Å². The van der Waals surface area contributed by atoms with Crippen LogP contribution in [-0.4, -0.2) is 41.5 Å². The Morgan fingerprint density at radius 1 is 0.814 bits per heavy atom. The number of quaternary nitrogens is 1. The Hall–Kier alpha value is -3.18. The van der Waals surface area contributed by atoms with Crippen LogP contribution in [0, 0.1) is 20.8 Å². The first-order valence-corrected chi connectivity index (χ1v) is 16.8. The summed E-state index contributed by atoms with van der Waals surface area (Å²) in [6, 6.07) is 27.9. The number of carbonyl (C=O) groups excluding carboxylic acids is 1. The standard InChI is InChI=1S/C38H44ClN2OS/c1-6-41(7-2,26-31-21-27(3)20-28(4)22-31)19-11-10-18-40(25-30-14-15-32-12-8-9-13-33(32)23-30)38(42)37-29(5)35-24-34(39)16-17-36(35)43-37/h8-9,12-17,20-24H,6-7,10-11,18-19,25-26H2,1-5H3/q+1. The van der Waals surface area contributed by atoms with E-state index in [0.29, 0.717) is 11.6 Å². The number of rotatable bonds is 12. The van der Waals surface area contributed by atoms with Crippen molar-refractivity contribution < 1.29 is 9.28 Å². The molecule has 0 saturated carbocycles. The van der Waals surface area contributed by atoms with Gasteiger partial charge in [-0.3, -0.25) is 4.79 Å². The van der Waals surface area contributed by atoms with Gasteiger partial charge in [-0.1, -0.05) is 77.3 Å². The molecule has 0 N–H and O–H groups in total. The number of fused-ring (bicyclic) bond motifs is 2. The predicted molar refractivity (Wildman–Crippen MR) is 185 cm³/mol. The number of benzene rings is 4. The Kier molecular flexibility index (Phi) is 9.91. The van der Waals surface area contributed by atoms with Gasteiger partial charge in [-0.15, -0.1) is 11.3 Å². The SMILES string of the molecule is CC[N+](CC)(CCCCN(Cc1ccc2ccccc2c1)C(=O)c1sc2ccc(Cl)cc2c1C)Cc1cc(C)cc(C)c1. The van der Waals surface area contributed by atoms with Gasteiger partial charge in [0.05, 0.1) is 24.5 Å². The summed E-state index contributed by atoms with van der Waals surface area (Å²) in [4.78, 5) is 17.1. The summed E-state index contributed by atoms with van der Waals surface area (Å²) in [5, 5.41) is 4.21. The second-order valence-corrected chi connectivity index (χ2v) is 13.7. The van der Waals surface area contributed by atoms with E-state index in [1.807, 2.05) is 18.2 Å². The number of nitrogens with zero attached hydrogens (tertiary/aromatic N) is 2. The molecular formula is C38H44ClN2OS+. The molecule has 1 aromatic heterocycles. The number of carbonyl (C=O) groups is 1. The quantitative estimate of drug-likeness (QED) is 0.101. The summed E-state index contributed by atoms with van der Waals surface area (Å²) in [7, 11) is 0. The van der Waals surface area contributed by atoms with Crippen molar-refractivity contribution in [1.29, 1.82) is 0 Å². The summed E-state index contributed by atoms with van der Waals surface area (Å²) in [6.45, 7) is 16.8. The summed E-state index contributed by atoms with van der Waals surface area (Å²) >= 11 is 7.90. The van der Waals surface area contributed by atoms with Gasteiger partial charge in [0.25, 0.3) is 5.91 Å². The first kappa shape index (κ1) is 31.3. The van der Waals surface area contributed by atoms with E-state index in [4.69, 9.17) is 11.6 Å². The molecule has 5 heteroatoms. The van der Waals surface area contributed by atoms with Gasteiger partial charge in [-0.05, 0) is 99.0 Å². The highest BCUT2D eigenvalue weighted by Crippen LogP contribution is 2.34. The lowest BCUT2D eigenvalue weighted by molar-refractivity contribution is -0.938. The first-order chi connectivity index (χ1) is 20.7. The summed E-state index contributed by atoms with van der Waals surface area (Å²) in [6.07, 6.45) is 2.05. The first-order valence-electron chi connectivity index (χ1n) is 15.6. The number of halogens is 1. The molecule has 5 rings (SSSR count). The van der Waals surface area contributed by atoms with Crippen molar-refractivity contribution in [2.24, 2.45) is 0 Å². The number of thiophene rings is 1. The Morgan fingerprint density at radius 3 is 2.26 bits per heavy atom. The topological polar surface area (TPSA) is 20.3 Å². The molecule has 224 valence electrons. The molecule has 0 unspecified atom stereocenters. The van der Waals surface area contributed by atoms with Crippen LogP contribution < -0.4 is 0 Å². The van der Waals surface area contributed by atoms with E-state index >= 15 is 0 Å². The zero-order valence-electron chi connectivity index (χ0n) is 26.3. The van der Waals surface area contributed by atoms with Gasteiger partial charge < -0.3 is 9.38 Å². The molecule has 0 aliphatic rings. The van der Waals surface area contributed by atoms with Gasteiger partial charge >= 0.3 is 0 Å². The molecule has 43 heavy (non-hydrogen) atoms. The lowest BCUT2D eigenvalue weighted by Gasteiger charge is -2.37. The zero-order valence-corrected chi connectivity index (χ0v) is 27.8. The molecule has 4 aromatic carbocycles. The van der Waals surface area contributed by atoms with E-state index < -0.39 is 0 Å². The van der Waals surface area contributed by atoms with Crippen molar-refractivity contribution in [2.45, 2.75) is 60.5 Å². The minimum atomic E-state index is 0.116. The summed E-state index contributed by atoms with van der Waals surface area (Å²) in [5.41, 5.74) is 6.28. The maximum absolute atomic E-state index is 14.2. The van der Waals surface area contributed by atoms with Crippen molar-refractivity contribution in [2.75, 3.05) is 26.2 Å². The van der Waals surface area contributed by atoms with Gasteiger partial charge in [0, 0.05) is 28.4 Å². The maximum Gasteiger partial charge on any atom is 0.264 e. The summed E-state index contributed by atoms with van der Waals surface area (Å²) < 4.78 is 2.17. The number of hydrogen-bond acceptors (Lipinski definition) is 2. The number of hydrogen-bond donors (Lipinski definition) is 0. The second-order valence-electron chi connectivity index (χ2n) is 12.2. The number of unbranched alkanes of at least 4 members (excludes halogenated alkanes) is 1. The van der Waals surface area contributed by atoms with Gasteiger partial charge in [0.1, 0.15) is 6.54 Å². The third-order valence-corrected chi connectivity index (χ3v) is 10.5. The fraction of sp³-hybridized carbons (Fsp3) is 0.342. The molecule has 0 atom stereocenters. The van der Waals surface area contributed by atoms with Gasteiger partial charge in [-0.2, -0.15) is 0 Å². The third-order valence-electron chi connectivity index (χ3n) is 9.02. The van der Waals surface area contributed by atoms with E-state index in [1.54, 1.807) is 11.3 Å². The molecule has 5 aromatic rings. The average Bonchev–Trinajstić information content (AvgIpc) is 3.32. The Labute approximate surface area is 266 Å². The lowest BCUT2D eigenvalue weighted by atomic mass is 10.1. The smallest absolute Gasteiger partial charge is 0.264 e. The molecule has 0 saturated heterocycles. The minimum absolute atomic E-state index is 0.116. The normalized spacial score (nSPS) is 11.9. The molecule has 0 aliphatic heterocycles. The maximum atomic E-state index is 14.2. The van der Waals surface area contributed by atoms with Crippen LogP contribution in [0.2, 0.25) is 5.02 Å². The fourth-order valence-electron chi connectivity index (χ4n) is 6.49. The van der Waals surface area contributed by atoms with Crippen LogP contribution >= 0.6 is 22.9 Å². The highest BCUT2D eigenvalue weighted by atomic mass is 35.5. The van der Waals surface area contributed by atoms with Crippen LogP contribution in [0.3, 0.4) is 0 Å². The molecule has 0 radical (unpaired) electrons. The van der Waals surface area contributed by atoms with E-state index in [0.717, 1.165) is 76.1 Å². The van der Waals surface area contributed by atoms with E-state index in [1.165, 1.54) is 27.5 Å². The highest BCUT2D eigenvalue weighted by molar-refractivity contribution is 7.21. The average molecular weight is 612 g/mol. The molecule has 0 spiro atoms. The molecule has 0 fully saturated rings. The molecular weight excluding hydrogens is 568 g/mol. The number of aryl methyl sites for hydroxylation is 3. The monoisotopic (exact) mass is 611 g/mol.